The number of ketones is 2. The van der Waals surface area contributed by atoms with Gasteiger partial charge in [0.05, 0.1) is 5.60 Å². The van der Waals surface area contributed by atoms with Crippen LogP contribution in [0.4, 0.5) is 0 Å². The molecule has 0 saturated heterocycles. The van der Waals surface area contributed by atoms with Crippen molar-refractivity contribution in [2.45, 2.75) is 105 Å². The van der Waals surface area contributed by atoms with Crippen molar-refractivity contribution in [2.24, 2.45) is 35.0 Å². The van der Waals surface area contributed by atoms with Gasteiger partial charge >= 0.3 is 0 Å². The van der Waals surface area contributed by atoms with E-state index in [1.807, 2.05) is 6.92 Å². The number of fused-ring (bicyclic) bond motifs is 1. The molecule has 4 aliphatic rings. The van der Waals surface area contributed by atoms with Gasteiger partial charge in [-0.25, -0.2) is 0 Å². The molecule has 4 rings (SSSR count). The zero-order valence-electron chi connectivity index (χ0n) is 21.9. The second-order valence-electron chi connectivity index (χ2n) is 12.3. The molecule has 0 aromatic rings. The predicted octanol–water partition coefficient (Wildman–Crippen LogP) is 7.00. The lowest BCUT2D eigenvalue weighted by molar-refractivity contribution is -0.140. The van der Waals surface area contributed by atoms with Crippen molar-refractivity contribution < 1.29 is 14.7 Å². The fraction of sp³-hybridized carbons (Fsp3) is 0.733. The Morgan fingerprint density at radius 3 is 2.21 bits per heavy atom. The summed E-state index contributed by atoms with van der Waals surface area (Å²) in [5.41, 5.74) is 3.45. The van der Waals surface area contributed by atoms with Crippen molar-refractivity contribution in [1.29, 1.82) is 0 Å². The van der Waals surface area contributed by atoms with E-state index >= 15 is 0 Å². The zero-order chi connectivity index (χ0) is 24.7. The Morgan fingerprint density at radius 1 is 0.970 bits per heavy atom. The monoisotopic (exact) mass is 454 g/mol. The Hall–Kier alpha value is -1.48. The zero-order valence-corrected chi connectivity index (χ0v) is 21.9. The van der Waals surface area contributed by atoms with Gasteiger partial charge in [-0.05, 0) is 101 Å². The molecule has 2 fully saturated rings. The molecule has 0 amide bonds. The maximum absolute atomic E-state index is 12.1. The van der Waals surface area contributed by atoms with Gasteiger partial charge in [0.2, 0.25) is 0 Å². The van der Waals surface area contributed by atoms with E-state index in [4.69, 9.17) is 0 Å². The molecular weight excluding hydrogens is 408 g/mol. The number of carbonyl (C=O) groups excluding carboxylic acids is 2. The summed E-state index contributed by atoms with van der Waals surface area (Å²) >= 11 is 0. The quantitative estimate of drug-likeness (QED) is 0.457. The van der Waals surface area contributed by atoms with Crippen LogP contribution in [0, 0.1) is 35.0 Å². The predicted molar refractivity (Wildman–Crippen MR) is 136 cm³/mol. The van der Waals surface area contributed by atoms with Crippen LogP contribution >= 0.6 is 0 Å². The first-order valence-corrected chi connectivity index (χ1v) is 13.1. The summed E-state index contributed by atoms with van der Waals surface area (Å²) in [6, 6.07) is 0. The van der Waals surface area contributed by atoms with E-state index in [1.165, 1.54) is 24.0 Å². The molecule has 0 aromatic carbocycles. The van der Waals surface area contributed by atoms with Crippen LogP contribution in [0.5, 0.6) is 0 Å². The maximum Gasteiger partial charge on any atom is 0.162 e. The summed E-state index contributed by atoms with van der Waals surface area (Å²) in [5.74, 6) is 3.36. The Kier molecular flexibility index (Phi) is 7.63. The van der Waals surface area contributed by atoms with Crippen LogP contribution in [0.15, 0.2) is 35.5 Å². The van der Waals surface area contributed by atoms with Crippen LogP contribution in [0.3, 0.4) is 0 Å². The number of carbonyl (C=O) groups is 2. The smallest absolute Gasteiger partial charge is 0.162 e. The lowest BCUT2D eigenvalue weighted by Crippen LogP contribution is -2.47. The van der Waals surface area contributed by atoms with Crippen molar-refractivity contribution in [3.63, 3.8) is 0 Å². The summed E-state index contributed by atoms with van der Waals surface area (Å²) in [7, 11) is 0. The molecule has 0 aliphatic heterocycles. The largest absolute Gasteiger partial charge is 0.385 e. The third kappa shape index (κ3) is 5.14. The van der Waals surface area contributed by atoms with Crippen LogP contribution < -0.4 is 0 Å². The number of Topliss-reactive ketones (excluding diaryl/α,β-unsaturated/α-hetero) is 2. The van der Waals surface area contributed by atoms with E-state index in [0.29, 0.717) is 29.5 Å². The van der Waals surface area contributed by atoms with Crippen LogP contribution in [0.25, 0.3) is 0 Å². The van der Waals surface area contributed by atoms with Gasteiger partial charge in [0, 0.05) is 23.8 Å². The molecule has 2 saturated carbocycles. The van der Waals surface area contributed by atoms with E-state index in [-0.39, 0.29) is 23.5 Å². The summed E-state index contributed by atoms with van der Waals surface area (Å²) in [5, 5.41) is 10.4. The molecule has 0 heterocycles. The van der Waals surface area contributed by atoms with Crippen LogP contribution in [0.1, 0.15) is 99.3 Å². The molecule has 0 aromatic heterocycles. The Labute approximate surface area is 201 Å². The van der Waals surface area contributed by atoms with Crippen molar-refractivity contribution in [3.8, 4) is 0 Å². The summed E-state index contributed by atoms with van der Waals surface area (Å²) in [4.78, 5) is 24.2. The lowest BCUT2D eigenvalue weighted by Gasteiger charge is -2.49. The van der Waals surface area contributed by atoms with Crippen LogP contribution in [-0.4, -0.2) is 22.3 Å². The minimum absolute atomic E-state index is 0.0103. The highest BCUT2D eigenvalue weighted by Gasteiger charge is 2.49. The highest BCUT2D eigenvalue weighted by Crippen LogP contribution is 2.53. The Balaban J connectivity index is 0.000000186. The molecule has 3 heteroatoms. The van der Waals surface area contributed by atoms with Gasteiger partial charge in [0.1, 0.15) is 5.78 Å². The summed E-state index contributed by atoms with van der Waals surface area (Å²) in [6.07, 6.45) is 8.54. The first kappa shape index (κ1) is 26.1. The molecule has 33 heavy (non-hydrogen) atoms. The highest BCUT2D eigenvalue weighted by molar-refractivity contribution is 6.01. The SMILES string of the molecule is C=C(C)C1CCC(C)C2=C(C1)C(C)(O)CC2=O.C=C(C)C1CCC2(C)C(=O)CCC(C)C2C1. The van der Waals surface area contributed by atoms with Crippen molar-refractivity contribution in [1.82, 2.24) is 0 Å². The Bertz CT molecular complexity index is 860. The molecule has 1 N–H and O–H groups in total. The molecule has 7 atom stereocenters. The first-order chi connectivity index (χ1) is 15.3. The molecule has 0 bridgehead atoms. The third-order valence-corrected chi connectivity index (χ3v) is 9.59. The van der Waals surface area contributed by atoms with Gasteiger partial charge in [0.25, 0.3) is 0 Å². The van der Waals surface area contributed by atoms with Crippen LogP contribution in [0.2, 0.25) is 0 Å². The van der Waals surface area contributed by atoms with Gasteiger partial charge in [-0.1, -0.05) is 45.1 Å². The summed E-state index contributed by atoms with van der Waals surface area (Å²) < 4.78 is 0. The maximum atomic E-state index is 12.1. The molecule has 3 nitrogen and oxygen atoms in total. The topological polar surface area (TPSA) is 54.4 Å². The fourth-order valence-electron chi connectivity index (χ4n) is 7.08. The second kappa shape index (κ2) is 9.64. The molecule has 4 aliphatic carbocycles. The Morgan fingerprint density at radius 2 is 1.61 bits per heavy atom. The van der Waals surface area contributed by atoms with Crippen molar-refractivity contribution in [3.05, 3.63) is 35.5 Å². The summed E-state index contributed by atoms with van der Waals surface area (Å²) in [6.45, 7) is 20.8. The molecule has 7 unspecified atom stereocenters. The van der Waals surface area contributed by atoms with Crippen LogP contribution in [-0.2, 0) is 9.59 Å². The molecule has 184 valence electrons. The lowest BCUT2D eigenvalue weighted by atomic mass is 9.54. The van der Waals surface area contributed by atoms with E-state index < -0.39 is 5.60 Å². The van der Waals surface area contributed by atoms with E-state index in [2.05, 4.69) is 40.9 Å². The number of allylic oxidation sites excluding steroid dienone is 3. The van der Waals surface area contributed by atoms with E-state index in [0.717, 1.165) is 49.7 Å². The normalized spacial score (nSPS) is 40.9. The molecular formula is C30H46O3. The standard InChI is InChI=1S/C15H22O2.C15H24O/c1-9(2)11-6-5-10(3)14-12(7-11)15(4,17)8-13(14)16;1-10(2)12-7-8-15(4)13(9-12)11(3)5-6-14(15)16/h10-11,17H,1,5-8H2,2-4H3;11-13H,1,5-9H2,2-4H3. The van der Waals surface area contributed by atoms with E-state index in [1.54, 1.807) is 6.92 Å². The number of hydrogen-bond acceptors (Lipinski definition) is 3. The average Bonchev–Trinajstić information content (AvgIpc) is 2.85. The third-order valence-electron chi connectivity index (χ3n) is 9.59. The number of hydrogen-bond donors (Lipinski definition) is 1. The fourth-order valence-corrected chi connectivity index (χ4v) is 7.08. The number of rotatable bonds is 2. The van der Waals surface area contributed by atoms with Crippen molar-refractivity contribution >= 4 is 11.6 Å². The van der Waals surface area contributed by atoms with Gasteiger partial charge < -0.3 is 5.11 Å². The van der Waals surface area contributed by atoms with E-state index in [9.17, 15) is 14.7 Å². The molecule has 0 radical (unpaired) electrons. The number of aliphatic hydroxyl groups is 1. The minimum Gasteiger partial charge on any atom is -0.385 e. The van der Waals surface area contributed by atoms with Gasteiger partial charge in [-0.3, -0.25) is 9.59 Å². The van der Waals surface area contributed by atoms with Crippen molar-refractivity contribution in [2.75, 3.05) is 0 Å². The van der Waals surface area contributed by atoms with Gasteiger partial charge in [0.15, 0.2) is 5.78 Å². The second-order valence-corrected chi connectivity index (χ2v) is 12.3. The van der Waals surface area contributed by atoms with Gasteiger partial charge in [-0.2, -0.15) is 0 Å². The van der Waals surface area contributed by atoms with Gasteiger partial charge in [-0.15, -0.1) is 0 Å². The minimum atomic E-state index is -0.918. The average molecular weight is 455 g/mol. The molecule has 0 spiro atoms. The first-order valence-electron chi connectivity index (χ1n) is 13.1. The highest BCUT2D eigenvalue weighted by atomic mass is 16.3.